The van der Waals surface area contributed by atoms with Gasteiger partial charge in [-0.2, -0.15) is 0 Å². The molecule has 7 nitrogen and oxygen atoms in total. The van der Waals surface area contributed by atoms with Crippen LogP contribution in [0.15, 0.2) is 24.5 Å². The molecule has 0 aliphatic carbocycles. The van der Waals surface area contributed by atoms with Gasteiger partial charge in [0.15, 0.2) is 0 Å². The molecule has 0 aromatic carbocycles. The molecule has 2 saturated heterocycles. The summed E-state index contributed by atoms with van der Waals surface area (Å²) in [6.45, 7) is 2.79. The first-order valence-electron chi connectivity index (χ1n) is 8.27. The molecule has 1 spiro atoms. The van der Waals surface area contributed by atoms with Gasteiger partial charge in [-0.15, -0.1) is 0 Å². The Balaban J connectivity index is 1.56. The molecule has 0 bridgehead atoms. The number of likely N-dealkylation sites (tertiary alicyclic amines) is 1. The maximum atomic E-state index is 12.6. The first-order chi connectivity index (χ1) is 11.5. The molecule has 3 heterocycles. The average Bonchev–Trinajstić information content (AvgIpc) is 2.81. The second kappa shape index (κ2) is 6.76. The van der Waals surface area contributed by atoms with Crippen molar-refractivity contribution in [1.29, 1.82) is 0 Å². The predicted octanol–water partition coefficient (Wildman–Crippen LogP) is 0.957. The highest BCUT2D eigenvalue weighted by Gasteiger charge is 2.47. The van der Waals surface area contributed by atoms with Crippen LogP contribution in [0.5, 0.6) is 0 Å². The number of likely N-dealkylation sites (N-methyl/N-ethyl adjacent to an activating group) is 2. The lowest BCUT2D eigenvalue weighted by Crippen LogP contribution is -2.54. The third-order valence-electron chi connectivity index (χ3n) is 4.61. The van der Waals surface area contributed by atoms with Crippen LogP contribution in [0.25, 0.3) is 0 Å². The molecular weight excluding hydrogens is 308 g/mol. The van der Waals surface area contributed by atoms with Gasteiger partial charge < -0.3 is 14.5 Å². The molecule has 3 rings (SSSR count). The number of ether oxygens (including phenoxy) is 1. The second-order valence-electron chi connectivity index (χ2n) is 6.86. The minimum atomic E-state index is -0.526. The van der Waals surface area contributed by atoms with Gasteiger partial charge in [0.25, 0.3) is 0 Å². The lowest BCUT2D eigenvalue weighted by atomic mass is 9.92. The molecule has 1 unspecified atom stereocenters. The maximum Gasteiger partial charge on any atom is 0.410 e. The van der Waals surface area contributed by atoms with Crippen LogP contribution in [-0.2, 0) is 16.1 Å². The van der Waals surface area contributed by atoms with Crippen molar-refractivity contribution in [3.05, 3.63) is 30.1 Å². The number of amides is 2. The smallest absolute Gasteiger partial charge is 0.410 e. The summed E-state index contributed by atoms with van der Waals surface area (Å²) in [5.74, 6) is 0.0751. The summed E-state index contributed by atoms with van der Waals surface area (Å²) in [7, 11) is 3.66. The average molecular weight is 332 g/mol. The Morgan fingerprint density at radius 1 is 1.46 bits per heavy atom. The van der Waals surface area contributed by atoms with Crippen molar-refractivity contribution in [3.63, 3.8) is 0 Å². The van der Waals surface area contributed by atoms with E-state index in [1.807, 2.05) is 35.2 Å². The SMILES string of the molecule is CN(CC(=O)N1CCCC2(CN(C)C(=O)O2)C1)Cc1cccnc1. The molecule has 24 heavy (non-hydrogen) atoms. The Kier molecular flexibility index (Phi) is 4.71. The zero-order valence-electron chi connectivity index (χ0n) is 14.3. The molecule has 1 aromatic rings. The fourth-order valence-corrected chi connectivity index (χ4v) is 3.51. The molecular formula is C17H24N4O3. The van der Waals surface area contributed by atoms with Crippen LogP contribution in [0, 0.1) is 0 Å². The summed E-state index contributed by atoms with van der Waals surface area (Å²) in [5, 5.41) is 0. The molecule has 2 aliphatic rings. The highest BCUT2D eigenvalue weighted by Crippen LogP contribution is 2.31. The van der Waals surface area contributed by atoms with Crippen LogP contribution < -0.4 is 0 Å². The zero-order chi connectivity index (χ0) is 17.2. The summed E-state index contributed by atoms with van der Waals surface area (Å²) in [4.78, 5) is 33.8. The first-order valence-corrected chi connectivity index (χ1v) is 8.27. The van der Waals surface area contributed by atoms with Crippen molar-refractivity contribution in [2.75, 3.05) is 40.3 Å². The number of pyridine rings is 1. The van der Waals surface area contributed by atoms with Crippen molar-refractivity contribution in [2.24, 2.45) is 0 Å². The Labute approximate surface area is 142 Å². The molecule has 2 amide bonds. The van der Waals surface area contributed by atoms with Crippen LogP contribution in [0.4, 0.5) is 4.79 Å². The van der Waals surface area contributed by atoms with Gasteiger partial charge in [0.1, 0.15) is 5.60 Å². The van der Waals surface area contributed by atoms with Crippen LogP contribution in [0.3, 0.4) is 0 Å². The second-order valence-corrected chi connectivity index (χ2v) is 6.86. The largest absolute Gasteiger partial charge is 0.439 e. The highest BCUT2D eigenvalue weighted by molar-refractivity contribution is 5.79. The molecule has 0 radical (unpaired) electrons. The summed E-state index contributed by atoms with van der Waals surface area (Å²) in [5.41, 5.74) is 0.552. The van der Waals surface area contributed by atoms with Crippen LogP contribution in [0.2, 0.25) is 0 Å². The number of nitrogens with zero attached hydrogens (tertiary/aromatic N) is 4. The summed E-state index contributed by atoms with van der Waals surface area (Å²) < 4.78 is 5.55. The number of rotatable bonds is 4. The van der Waals surface area contributed by atoms with Crippen molar-refractivity contribution in [3.8, 4) is 0 Å². The van der Waals surface area contributed by atoms with E-state index in [9.17, 15) is 9.59 Å². The van der Waals surface area contributed by atoms with E-state index in [0.29, 0.717) is 26.2 Å². The van der Waals surface area contributed by atoms with E-state index in [-0.39, 0.29) is 12.0 Å². The molecule has 2 fully saturated rings. The van der Waals surface area contributed by atoms with Crippen LogP contribution in [-0.4, -0.2) is 77.6 Å². The van der Waals surface area contributed by atoms with Crippen molar-refractivity contribution in [2.45, 2.75) is 25.0 Å². The van der Waals surface area contributed by atoms with E-state index >= 15 is 0 Å². The number of carbonyl (C=O) groups excluding carboxylic acids is 2. The molecule has 0 saturated carbocycles. The summed E-state index contributed by atoms with van der Waals surface area (Å²) >= 11 is 0. The van der Waals surface area contributed by atoms with E-state index in [1.165, 1.54) is 0 Å². The summed E-state index contributed by atoms with van der Waals surface area (Å²) in [6, 6.07) is 3.89. The van der Waals surface area contributed by atoms with Crippen LogP contribution >= 0.6 is 0 Å². The van der Waals surface area contributed by atoms with Crippen LogP contribution in [0.1, 0.15) is 18.4 Å². The Morgan fingerprint density at radius 2 is 2.29 bits per heavy atom. The Bertz CT molecular complexity index is 609. The first kappa shape index (κ1) is 16.7. The third-order valence-corrected chi connectivity index (χ3v) is 4.61. The van der Waals surface area contributed by atoms with E-state index in [2.05, 4.69) is 4.98 Å². The van der Waals surface area contributed by atoms with Gasteiger partial charge in [0, 0.05) is 32.5 Å². The molecule has 0 N–H and O–H groups in total. The van der Waals surface area contributed by atoms with Gasteiger partial charge >= 0.3 is 6.09 Å². The minimum Gasteiger partial charge on any atom is -0.439 e. The van der Waals surface area contributed by atoms with Gasteiger partial charge in [0.2, 0.25) is 5.91 Å². The number of hydrogen-bond acceptors (Lipinski definition) is 5. The number of carbonyl (C=O) groups is 2. The van der Waals surface area contributed by atoms with E-state index in [1.54, 1.807) is 18.1 Å². The molecule has 1 atom stereocenters. The highest BCUT2D eigenvalue weighted by atomic mass is 16.6. The van der Waals surface area contributed by atoms with Gasteiger partial charge in [-0.05, 0) is 31.5 Å². The van der Waals surface area contributed by atoms with Gasteiger partial charge in [-0.25, -0.2) is 4.79 Å². The Morgan fingerprint density at radius 3 is 2.96 bits per heavy atom. The van der Waals surface area contributed by atoms with Crippen molar-refractivity contribution < 1.29 is 14.3 Å². The lowest BCUT2D eigenvalue weighted by molar-refractivity contribution is -0.137. The topological polar surface area (TPSA) is 66.0 Å². The van der Waals surface area contributed by atoms with Gasteiger partial charge in [-0.3, -0.25) is 14.7 Å². The monoisotopic (exact) mass is 332 g/mol. The molecule has 130 valence electrons. The maximum absolute atomic E-state index is 12.6. The van der Waals surface area contributed by atoms with Gasteiger partial charge in [0.05, 0.1) is 19.6 Å². The van der Waals surface area contributed by atoms with Gasteiger partial charge in [-0.1, -0.05) is 6.07 Å². The van der Waals surface area contributed by atoms with E-state index in [4.69, 9.17) is 4.74 Å². The van der Waals surface area contributed by atoms with E-state index in [0.717, 1.165) is 24.9 Å². The molecule has 7 heteroatoms. The van der Waals surface area contributed by atoms with E-state index < -0.39 is 5.60 Å². The van der Waals surface area contributed by atoms with Crippen molar-refractivity contribution in [1.82, 2.24) is 19.7 Å². The third kappa shape index (κ3) is 3.67. The standard InChI is InChI=1S/C17H24N4O3/c1-19(10-14-5-3-7-18-9-14)11-15(22)21-8-4-6-17(13-21)12-20(2)16(23)24-17/h3,5,7,9H,4,6,8,10-13H2,1-2H3. The normalized spacial score (nSPS) is 23.9. The lowest BCUT2D eigenvalue weighted by Gasteiger charge is -2.38. The van der Waals surface area contributed by atoms with Crippen molar-refractivity contribution >= 4 is 12.0 Å². The summed E-state index contributed by atoms with van der Waals surface area (Å²) in [6.07, 6.45) is 4.93. The number of aromatic nitrogens is 1. The zero-order valence-corrected chi connectivity index (χ0v) is 14.3. The minimum absolute atomic E-state index is 0.0751. The quantitative estimate of drug-likeness (QED) is 0.821. The number of piperidine rings is 1. The fourth-order valence-electron chi connectivity index (χ4n) is 3.51. The fraction of sp³-hybridized carbons (Fsp3) is 0.588. The number of hydrogen-bond donors (Lipinski definition) is 0. The molecule has 1 aromatic heterocycles. The molecule has 2 aliphatic heterocycles. The Hall–Kier alpha value is -2.15. The predicted molar refractivity (Wildman–Crippen MR) is 88.2 cm³/mol.